The smallest absolute Gasteiger partial charge is 0.287 e. The molecule has 0 bridgehead atoms. The van der Waals surface area contributed by atoms with Gasteiger partial charge in [0.1, 0.15) is 27.0 Å². The molecule has 3 heterocycles. The number of rotatable bonds is 6. The average Bonchev–Trinajstić information content (AvgIpc) is 3.25. The number of amidine groups is 1. The van der Waals surface area contributed by atoms with Crippen LogP contribution in [0.15, 0.2) is 50.3 Å². The maximum atomic E-state index is 13.7. The number of amides is 1. The number of anilines is 1. The van der Waals surface area contributed by atoms with Gasteiger partial charge in [0.25, 0.3) is 15.9 Å². The van der Waals surface area contributed by atoms with Gasteiger partial charge in [0.05, 0.1) is 6.26 Å². The van der Waals surface area contributed by atoms with E-state index >= 15 is 0 Å². The lowest BCUT2D eigenvalue weighted by molar-refractivity contribution is -0.133. The van der Waals surface area contributed by atoms with Crippen molar-refractivity contribution in [3.8, 4) is 0 Å². The first-order valence-electron chi connectivity index (χ1n) is 11.6. The standard InChI is InChI=1S/C23H25FN4O6S3/c1-36(31,32)25-10-14-12-35-22-20(14)37(33,34)27-21(26-22)18-19(29)16-4-2-3-5-17(16)28(23(18)30)11-13-6-8-15(24)9-7-13/h6-9,12,16-17,25,29H,2-5,10-11H2,1H3,(H,26,27)/t16-,17+/m0/s1. The van der Waals surface area contributed by atoms with Crippen molar-refractivity contribution in [3.05, 3.63) is 57.9 Å². The zero-order valence-electron chi connectivity index (χ0n) is 19.8. The van der Waals surface area contributed by atoms with Crippen LogP contribution in [0, 0.1) is 11.7 Å². The Hall–Kier alpha value is -2.81. The number of nitrogens with zero attached hydrogens (tertiary/aromatic N) is 2. The Kier molecular flexibility index (Phi) is 6.63. The van der Waals surface area contributed by atoms with Crippen LogP contribution in [0.2, 0.25) is 0 Å². The number of fused-ring (bicyclic) bond motifs is 2. The summed E-state index contributed by atoms with van der Waals surface area (Å²) in [5.74, 6) is -1.80. The quantitative estimate of drug-likeness (QED) is 0.486. The van der Waals surface area contributed by atoms with Gasteiger partial charge in [-0.25, -0.2) is 17.5 Å². The number of hydrogen-bond donors (Lipinski definition) is 3. The Labute approximate surface area is 218 Å². The van der Waals surface area contributed by atoms with Gasteiger partial charge < -0.3 is 15.3 Å². The molecule has 10 nitrogen and oxygen atoms in total. The fourth-order valence-electron chi connectivity index (χ4n) is 5.08. The fraction of sp³-hybridized carbons (Fsp3) is 0.391. The molecule has 1 aliphatic carbocycles. The first-order valence-corrected chi connectivity index (χ1v) is 15.8. The summed E-state index contributed by atoms with van der Waals surface area (Å²) in [6.45, 7) is -0.0683. The number of carbonyl (C=O) groups is 1. The largest absolute Gasteiger partial charge is 0.511 e. The molecule has 5 rings (SSSR count). The van der Waals surface area contributed by atoms with Crippen molar-refractivity contribution < 1.29 is 31.1 Å². The van der Waals surface area contributed by atoms with Crippen LogP contribution in [-0.2, 0) is 37.9 Å². The lowest BCUT2D eigenvalue weighted by Crippen LogP contribution is -2.52. The molecule has 2 aromatic rings. The van der Waals surface area contributed by atoms with E-state index in [2.05, 4.69) is 14.4 Å². The molecule has 1 amide bonds. The zero-order chi connectivity index (χ0) is 26.5. The molecule has 2 atom stereocenters. The van der Waals surface area contributed by atoms with Gasteiger partial charge in [-0.05, 0) is 35.9 Å². The van der Waals surface area contributed by atoms with Crippen molar-refractivity contribution >= 4 is 48.1 Å². The third-order valence-corrected chi connectivity index (χ3v) is 9.91. The van der Waals surface area contributed by atoms with E-state index in [1.54, 1.807) is 17.0 Å². The number of hydrogen-bond acceptors (Lipinski definition) is 8. The second-order valence-electron chi connectivity index (χ2n) is 9.33. The molecule has 1 aromatic heterocycles. The normalized spacial score (nSPS) is 23.2. The fourth-order valence-corrected chi connectivity index (χ4v) is 8.10. The van der Waals surface area contributed by atoms with E-state index in [9.17, 15) is 31.1 Å². The van der Waals surface area contributed by atoms with Gasteiger partial charge in [0.15, 0.2) is 5.84 Å². The zero-order valence-corrected chi connectivity index (χ0v) is 22.2. The lowest BCUT2D eigenvalue weighted by Gasteiger charge is -2.44. The average molecular weight is 569 g/mol. The molecule has 37 heavy (non-hydrogen) atoms. The van der Waals surface area contributed by atoms with E-state index in [0.717, 1.165) is 30.4 Å². The van der Waals surface area contributed by atoms with Crippen LogP contribution in [0.4, 0.5) is 9.39 Å². The number of aliphatic hydroxyl groups excluding tert-OH is 1. The topological polar surface area (TPSA) is 145 Å². The van der Waals surface area contributed by atoms with Gasteiger partial charge in [0.2, 0.25) is 10.0 Å². The van der Waals surface area contributed by atoms with E-state index < -0.39 is 31.8 Å². The molecule has 3 N–H and O–H groups in total. The predicted octanol–water partition coefficient (Wildman–Crippen LogP) is 2.86. The van der Waals surface area contributed by atoms with Crippen LogP contribution in [0.1, 0.15) is 36.8 Å². The molecule has 1 fully saturated rings. The molecule has 1 saturated carbocycles. The van der Waals surface area contributed by atoms with Crippen molar-refractivity contribution in [1.29, 1.82) is 0 Å². The maximum absolute atomic E-state index is 13.7. The number of nitrogens with one attached hydrogen (secondary N) is 2. The van der Waals surface area contributed by atoms with Crippen LogP contribution in [-0.4, -0.2) is 50.9 Å². The van der Waals surface area contributed by atoms with Gasteiger partial charge in [-0.3, -0.25) is 4.79 Å². The van der Waals surface area contributed by atoms with Crippen LogP contribution in [0.25, 0.3) is 0 Å². The highest BCUT2D eigenvalue weighted by Crippen LogP contribution is 2.42. The number of aliphatic hydroxyl groups is 1. The highest BCUT2D eigenvalue weighted by atomic mass is 32.2. The summed E-state index contributed by atoms with van der Waals surface area (Å²) in [6, 6.07) is 5.52. The number of carbonyl (C=O) groups excluding carboxylic acids is 1. The molecule has 0 spiro atoms. The minimum Gasteiger partial charge on any atom is -0.511 e. The first-order chi connectivity index (χ1) is 17.4. The second kappa shape index (κ2) is 9.49. The van der Waals surface area contributed by atoms with Crippen molar-refractivity contribution in [3.63, 3.8) is 0 Å². The minimum atomic E-state index is -4.31. The van der Waals surface area contributed by atoms with Crippen molar-refractivity contribution in [2.75, 3.05) is 11.6 Å². The molecular formula is C23H25FN4O6S3. The molecule has 14 heteroatoms. The van der Waals surface area contributed by atoms with E-state index in [1.807, 2.05) is 0 Å². The third-order valence-electron chi connectivity index (χ3n) is 6.76. The molecule has 0 unspecified atom stereocenters. The summed E-state index contributed by atoms with van der Waals surface area (Å²) >= 11 is 1.03. The summed E-state index contributed by atoms with van der Waals surface area (Å²) < 4.78 is 68.9. The molecule has 198 valence electrons. The van der Waals surface area contributed by atoms with Gasteiger partial charge in [-0.15, -0.1) is 15.7 Å². The summed E-state index contributed by atoms with van der Waals surface area (Å²) in [7, 11) is -7.87. The van der Waals surface area contributed by atoms with Gasteiger partial charge in [0, 0.05) is 30.6 Å². The van der Waals surface area contributed by atoms with Gasteiger partial charge in [-0.2, -0.15) is 8.42 Å². The second-order valence-corrected chi connectivity index (χ2v) is 13.6. The number of benzene rings is 1. The summed E-state index contributed by atoms with van der Waals surface area (Å²) in [6.07, 6.45) is 4.00. The van der Waals surface area contributed by atoms with Crippen LogP contribution >= 0.6 is 11.3 Å². The van der Waals surface area contributed by atoms with E-state index in [-0.39, 0.29) is 57.7 Å². The van der Waals surface area contributed by atoms with E-state index in [1.165, 1.54) is 17.5 Å². The molecule has 1 aromatic carbocycles. The van der Waals surface area contributed by atoms with Crippen LogP contribution < -0.4 is 10.0 Å². The molecule has 3 aliphatic rings. The van der Waals surface area contributed by atoms with Gasteiger partial charge >= 0.3 is 0 Å². The van der Waals surface area contributed by atoms with Crippen molar-refractivity contribution in [2.24, 2.45) is 10.3 Å². The van der Waals surface area contributed by atoms with Gasteiger partial charge in [-0.1, -0.05) is 25.0 Å². The summed E-state index contributed by atoms with van der Waals surface area (Å²) in [5.41, 5.74) is 0.720. The lowest BCUT2D eigenvalue weighted by atomic mass is 9.78. The molecule has 0 saturated heterocycles. The number of sulfonamides is 2. The Morgan fingerprint density at radius 2 is 1.95 bits per heavy atom. The first kappa shape index (κ1) is 25.8. The predicted molar refractivity (Wildman–Crippen MR) is 137 cm³/mol. The molecule has 0 radical (unpaired) electrons. The minimum absolute atomic E-state index is 0.167. The van der Waals surface area contributed by atoms with E-state index in [0.29, 0.717) is 18.4 Å². The maximum Gasteiger partial charge on any atom is 0.287 e. The Balaban J connectivity index is 1.52. The van der Waals surface area contributed by atoms with Crippen LogP contribution in [0.5, 0.6) is 0 Å². The third kappa shape index (κ3) is 5.02. The Bertz CT molecular complexity index is 1530. The van der Waals surface area contributed by atoms with E-state index in [4.69, 9.17) is 0 Å². The highest BCUT2D eigenvalue weighted by molar-refractivity contribution is 7.91. The summed E-state index contributed by atoms with van der Waals surface area (Å²) in [4.78, 5) is 15.2. The Morgan fingerprint density at radius 1 is 1.24 bits per heavy atom. The number of thiophene rings is 1. The highest BCUT2D eigenvalue weighted by Gasteiger charge is 2.46. The van der Waals surface area contributed by atoms with Crippen molar-refractivity contribution in [1.82, 2.24) is 9.62 Å². The molecular weight excluding hydrogens is 543 g/mol. The summed E-state index contributed by atoms with van der Waals surface area (Å²) in [5, 5.41) is 15.8. The molecule has 2 aliphatic heterocycles. The van der Waals surface area contributed by atoms with Crippen molar-refractivity contribution in [2.45, 2.75) is 49.7 Å². The monoisotopic (exact) mass is 568 g/mol. The SMILES string of the molecule is CS(=O)(=O)NCc1csc2c1S(=O)(=O)N=C(C1=C(O)[C@H]3CCCC[C@H]3N(Cc3ccc(F)cc3)C1=O)N2. The number of halogens is 1. The Morgan fingerprint density at radius 3 is 2.65 bits per heavy atom. The van der Waals surface area contributed by atoms with Crippen LogP contribution in [0.3, 0.4) is 0 Å².